The van der Waals surface area contributed by atoms with Gasteiger partial charge in [0.2, 0.25) is 0 Å². The SMILES string of the molecule is CCOC(=O)/C(=C/CC(C)(C)NC(=O)OC(C)(C)C)Cc1ccccc1. The zero-order valence-corrected chi connectivity index (χ0v) is 16.7. The highest BCUT2D eigenvalue weighted by Crippen LogP contribution is 2.17. The molecule has 1 rings (SSSR count). The molecule has 0 aromatic heterocycles. The van der Waals surface area contributed by atoms with Gasteiger partial charge in [0.1, 0.15) is 5.60 Å². The van der Waals surface area contributed by atoms with Crippen molar-refractivity contribution in [3.8, 4) is 0 Å². The summed E-state index contributed by atoms with van der Waals surface area (Å²) < 4.78 is 10.5. The highest BCUT2D eigenvalue weighted by Gasteiger charge is 2.24. The van der Waals surface area contributed by atoms with E-state index in [9.17, 15) is 9.59 Å². The van der Waals surface area contributed by atoms with E-state index < -0.39 is 17.2 Å². The average Bonchev–Trinajstić information content (AvgIpc) is 2.50. The smallest absolute Gasteiger partial charge is 0.408 e. The standard InChI is InChI=1S/C21H31NO4/c1-7-25-18(23)17(15-16-11-9-8-10-12-16)13-14-21(5,6)22-19(24)26-20(2,3)4/h8-13H,7,14-15H2,1-6H3,(H,22,24)/b17-13+. The van der Waals surface area contributed by atoms with E-state index in [1.54, 1.807) is 6.92 Å². The van der Waals surface area contributed by atoms with Crippen molar-refractivity contribution in [3.05, 3.63) is 47.5 Å². The van der Waals surface area contributed by atoms with Crippen LogP contribution < -0.4 is 5.32 Å². The number of ether oxygens (including phenoxy) is 2. The Morgan fingerprint density at radius 2 is 1.69 bits per heavy atom. The van der Waals surface area contributed by atoms with Gasteiger partial charge >= 0.3 is 12.1 Å². The maximum atomic E-state index is 12.3. The number of carbonyl (C=O) groups excluding carboxylic acids is 2. The minimum Gasteiger partial charge on any atom is -0.463 e. The summed E-state index contributed by atoms with van der Waals surface area (Å²) in [5.74, 6) is -0.329. The van der Waals surface area contributed by atoms with Crippen molar-refractivity contribution in [1.29, 1.82) is 0 Å². The Kier molecular flexibility index (Phi) is 7.87. The number of amides is 1. The second kappa shape index (κ2) is 9.41. The molecular formula is C21H31NO4. The molecule has 0 aliphatic carbocycles. The molecule has 5 heteroatoms. The molecule has 1 amide bonds. The number of benzene rings is 1. The van der Waals surface area contributed by atoms with E-state index in [0.717, 1.165) is 5.56 Å². The van der Waals surface area contributed by atoms with Crippen molar-refractivity contribution in [3.63, 3.8) is 0 Å². The number of hydrogen-bond donors (Lipinski definition) is 1. The number of nitrogens with one attached hydrogen (secondary N) is 1. The molecule has 1 N–H and O–H groups in total. The fourth-order valence-electron chi connectivity index (χ4n) is 2.28. The largest absolute Gasteiger partial charge is 0.463 e. The Hall–Kier alpha value is -2.30. The topological polar surface area (TPSA) is 64.6 Å². The highest BCUT2D eigenvalue weighted by molar-refractivity contribution is 5.89. The first-order valence-electron chi connectivity index (χ1n) is 8.93. The third-order valence-electron chi connectivity index (χ3n) is 3.47. The molecule has 0 radical (unpaired) electrons. The van der Waals surface area contributed by atoms with E-state index in [-0.39, 0.29) is 5.97 Å². The highest BCUT2D eigenvalue weighted by atomic mass is 16.6. The van der Waals surface area contributed by atoms with Crippen LogP contribution in [-0.4, -0.2) is 29.8 Å². The molecule has 0 saturated carbocycles. The van der Waals surface area contributed by atoms with Gasteiger partial charge in [0, 0.05) is 17.5 Å². The maximum absolute atomic E-state index is 12.3. The monoisotopic (exact) mass is 361 g/mol. The van der Waals surface area contributed by atoms with E-state index >= 15 is 0 Å². The zero-order valence-electron chi connectivity index (χ0n) is 16.7. The lowest BCUT2D eigenvalue weighted by Crippen LogP contribution is -2.45. The molecule has 26 heavy (non-hydrogen) atoms. The summed E-state index contributed by atoms with van der Waals surface area (Å²) in [6, 6.07) is 9.75. The van der Waals surface area contributed by atoms with Crippen LogP contribution >= 0.6 is 0 Å². The number of esters is 1. The molecule has 0 aliphatic heterocycles. The summed E-state index contributed by atoms with van der Waals surface area (Å²) in [6.07, 6.45) is 2.33. The van der Waals surface area contributed by atoms with Crippen LogP contribution in [0.3, 0.4) is 0 Å². The molecule has 5 nitrogen and oxygen atoms in total. The van der Waals surface area contributed by atoms with Crippen LogP contribution in [0.1, 0.15) is 53.5 Å². The van der Waals surface area contributed by atoms with Crippen molar-refractivity contribution in [2.75, 3.05) is 6.61 Å². The quantitative estimate of drug-likeness (QED) is 0.577. The van der Waals surface area contributed by atoms with Crippen LogP contribution in [0.5, 0.6) is 0 Å². The Morgan fingerprint density at radius 1 is 1.08 bits per heavy atom. The lowest BCUT2D eigenvalue weighted by Gasteiger charge is -2.28. The predicted molar refractivity (Wildman–Crippen MR) is 103 cm³/mol. The van der Waals surface area contributed by atoms with Crippen LogP contribution in [0.15, 0.2) is 42.0 Å². The van der Waals surface area contributed by atoms with Gasteiger partial charge in [-0.15, -0.1) is 0 Å². The first kappa shape index (κ1) is 21.7. The lowest BCUT2D eigenvalue weighted by atomic mass is 9.96. The molecule has 1 aromatic rings. The number of rotatable bonds is 7. The molecule has 0 saturated heterocycles. The van der Waals surface area contributed by atoms with Gasteiger partial charge in [-0.05, 0) is 53.5 Å². The molecule has 1 aromatic carbocycles. The van der Waals surface area contributed by atoms with Crippen LogP contribution in [0.2, 0.25) is 0 Å². The molecule has 0 spiro atoms. The van der Waals surface area contributed by atoms with Crippen molar-refractivity contribution in [2.24, 2.45) is 0 Å². The second-order valence-corrected chi connectivity index (χ2v) is 7.83. The van der Waals surface area contributed by atoms with Gasteiger partial charge in [-0.3, -0.25) is 0 Å². The predicted octanol–water partition coefficient (Wildman–Crippen LogP) is 4.41. The van der Waals surface area contributed by atoms with Crippen molar-refractivity contribution >= 4 is 12.1 Å². The van der Waals surface area contributed by atoms with Crippen molar-refractivity contribution < 1.29 is 19.1 Å². The summed E-state index contributed by atoms with van der Waals surface area (Å²) in [4.78, 5) is 24.3. The van der Waals surface area contributed by atoms with E-state index in [4.69, 9.17) is 9.47 Å². The normalized spacial score (nSPS) is 12.5. The molecular weight excluding hydrogens is 330 g/mol. The Balaban J connectivity index is 2.83. The third-order valence-corrected chi connectivity index (χ3v) is 3.47. The minimum absolute atomic E-state index is 0.324. The maximum Gasteiger partial charge on any atom is 0.408 e. The summed E-state index contributed by atoms with van der Waals surface area (Å²) in [7, 11) is 0. The van der Waals surface area contributed by atoms with E-state index in [0.29, 0.717) is 25.0 Å². The minimum atomic E-state index is -0.559. The molecule has 0 atom stereocenters. The van der Waals surface area contributed by atoms with E-state index in [2.05, 4.69) is 5.32 Å². The van der Waals surface area contributed by atoms with Gasteiger partial charge in [0.05, 0.1) is 6.61 Å². The van der Waals surface area contributed by atoms with E-state index in [1.807, 2.05) is 71.0 Å². The number of carbonyl (C=O) groups is 2. The third kappa shape index (κ3) is 8.70. The first-order valence-corrected chi connectivity index (χ1v) is 8.93. The summed E-state index contributed by atoms with van der Waals surface area (Å²) in [5.41, 5.74) is 0.498. The summed E-state index contributed by atoms with van der Waals surface area (Å²) >= 11 is 0. The van der Waals surface area contributed by atoms with E-state index in [1.165, 1.54) is 0 Å². The second-order valence-electron chi connectivity index (χ2n) is 7.83. The Labute approximate surface area is 156 Å². The fraction of sp³-hybridized carbons (Fsp3) is 0.524. The van der Waals surface area contributed by atoms with Gasteiger partial charge in [-0.25, -0.2) is 9.59 Å². The first-order chi connectivity index (χ1) is 12.0. The Morgan fingerprint density at radius 3 is 2.23 bits per heavy atom. The molecule has 144 valence electrons. The van der Waals surface area contributed by atoms with Gasteiger partial charge in [0.25, 0.3) is 0 Å². The van der Waals surface area contributed by atoms with Gasteiger partial charge in [-0.1, -0.05) is 36.4 Å². The van der Waals surface area contributed by atoms with Gasteiger partial charge in [0.15, 0.2) is 0 Å². The van der Waals surface area contributed by atoms with Gasteiger partial charge < -0.3 is 14.8 Å². The number of hydrogen-bond acceptors (Lipinski definition) is 4. The van der Waals surface area contributed by atoms with Crippen LogP contribution in [0.4, 0.5) is 4.79 Å². The molecule has 0 aliphatic rings. The average molecular weight is 361 g/mol. The molecule has 0 bridgehead atoms. The van der Waals surface area contributed by atoms with Crippen LogP contribution in [0, 0.1) is 0 Å². The Bertz CT molecular complexity index is 627. The van der Waals surface area contributed by atoms with Gasteiger partial charge in [-0.2, -0.15) is 0 Å². The molecule has 0 unspecified atom stereocenters. The molecule has 0 fully saturated rings. The van der Waals surface area contributed by atoms with Crippen LogP contribution in [-0.2, 0) is 20.7 Å². The summed E-state index contributed by atoms with van der Waals surface area (Å²) in [5, 5.41) is 2.85. The lowest BCUT2D eigenvalue weighted by molar-refractivity contribution is -0.138. The summed E-state index contributed by atoms with van der Waals surface area (Å²) in [6.45, 7) is 11.3. The molecule has 0 heterocycles. The fourth-order valence-corrected chi connectivity index (χ4v) is 2.28. The van der Waals surface area contributed by atoms with Crippen molar-refractivity contribution in [2.45, 2.75) is 65.5 Å². The van der Waals surface area contributed by atoms with Crippen LogP contribution in [0.25, 0.3) is 0 Å². The van der Waals surface area contributed by atoms with Crippen molar-refractivity contribution in [1.82, 2.24) is 5.32 Å². The number of alkyl carbamates (subject to hydrolysis) is 1. The zero-order chi connectivity index (χ0) is 19.8.